The number of primary sulfonamides is 1. The minimum atomic E-state index is -3.47. The highest BCUT2D eigenvalue weighted by Gasteiger charge is 2.02. The van der Waals surface area contributed by atoms with Crippen LogP contribution in [0.4, 0.5) is 0 Å². The van der Waals surface area contributed by atoms with Crippen LogP contribution in [-0.2, 0) is 16.4 Å². The third-order valence-corrected chi connectivity index (χ3v) is 3.14. The summed E-state index contributed by atoms with van der Waals surface area (Å²) in [4.78, 5) is 8.36. The molecule has 0 bridgehead atoms. The van der Waals surface area contributed by atoms with Gasteiger partial charge < -0.3 is 10.6 Å². The Morgan fingerprint density at radius 1 is 1.40 bits per heavy atom. The van der Waals surface area contributed by atoms with Gasteiger partial charge in [0.05, 0.1) is 12.3 Å². The molecule has 0 aliphatic rings. The molecule has 0 fully saturated rings. The first-order chi connectivity index (χ1) is 9.51. The summed E-state index contributed by atoms with van der Waals surface area (Å²) in [7, 11) is -3.47. The second-order valence-electron chi connectivity index (χ2n) is 4.13. The molecular weight excluding hydrogens is 278 g/mol. The number of rotatable bonds is 7. The summed E-state index contributed by atoms with van der Waals surface area (Å²) >= 11 is 0. The van der Waals surface area contributed by atoms with E-state index < -0.39 is 10.0 Å². The highest BCUT2D eigenvalue weighted by Crippen LogP contribution is 1.93. The molecule has 0 unspecified atom stereocenters. The fraction of sp³-hybridized carbons (Fsp3) is 0.500. The van der Waals surface area contributed by atoms with Crippen molar-refractivity contribution in [3.8, 4) is 0 Å². The minimum Gasteiger partial charge on any atom is -0.357 e. The van der Waals surface area contributed by atoms with E-state index in [9.17, 15) is 8.42 Å². The van der Waals surface area contributed by atoms with Crippen LogP contribution in [0.1, 0.15) is 12.6 Å². The molecule has 4 N–H and O–H groups in total. The van der Waals surface area contributed by atoms with Gasteiger partial charge in [-0.25, -0.2) is 13.6 Å². The normalized spacial score (nSPS) is 12.2. The molecule has 20 heavy (non-hydrogen) atoms. The van der Waals surface area contributed by atoms with Crippen molar-refractivity contribution in [1.82, 2.24) is 15.6 Å². The highest BCUT2D eigenvalue weighted by molar-refractivity contribution is 7.89. The van der Waals surface area contributed by atoms with Gasteiger partial charge >= 0.3 is 0 Å². The Balaban J connectivity index is 2.40. The van der Waals surface area contributed by atoms with E-state index in [4.69, 9.17) is 5.14 Å². The molecular formula is C12H21N5O2S. The van der Waals surface area contributed by atoms with Crippen molar-refractivity contribution >= 4 is 16.0 Å². The van der Waals surface area contributed by atoms with Crippen molar-refractivity contribution < 1.29 is 8.42 Å². The smallest absolute Gasteiger partial charge is 0.210 e. The van der Waals surface area contributed by atoms with E-state index >= 15 is 0 Å². The van der Waals surface area contributed by atoms with Crippen molar-refractivity contribution in [3.63, 3.8) is 0 Å². The molecule has 0 saturated heterocycles. The number of aromatic nitrogens is 1. The quantitative estimate of drug-likeness (QED) is 0.463. The summed E-state index contributed by atoms with van der Waals surface area (Å²) < 4.78 is 21.7. The molecule has 0 atom stereocenters. The molecule has 8 heteroatoms. The molecule has 112 valence electrons. The van der Waals surface area contributed by atoms with E-state index in [0.717, 1.165) is 12.1 Å². The largest absolute Gasteiger partial charge is 0.357 e. The average molecular weight is 299 g/mol. The van der Waals surface area contributed by atoms with Gasteiger partial charge in [0.2, 0.25) is 10.0 Å². The first-order valence-corrected chi connectivity index (χ1v) is 8.15. The molecule has 0 aliphatic heterocycles. The van der Waals surface area contributed by atoms with Crippen LogP contribution in [0.5, 0.6) is 0 Å². The Labute approximate surface area is 119 Å². The molecule has 1 rings (SSSR count). The summed E-state index contributed by atoms with van der Waals surface area (Å²) in [6.45, 7) is 3.44. The minimum absolute atomic E-state index is 0.137. The number of aliphatic imine (C=N–C) groups is 1. The molecule has 1 aromatic heterocycles. The van der Waals surface area contributed by atoms with Crippen LogP contribution in [0.25, 0.3) is 0 Å². The molecule has 1 heterocycles. The third-order valence-electron chi connectivity index (χ3n) is 2.39. The molecule has 0 radical (unpaired) electrons. The van der Waals surface area contributed by atoms with Crippen LogP contribution in [0.2, 0.25) is 0 Å². The topological polar surface area (TPSA) is 109 Å². The van der Waals surface area contributed by atoms with E-state index in [0.29, 0.717) is 19.0 Å². The van der Waals surface area contributed by atoms with E-state index in [1.54, 1.807) is 6.20 Å². The van der Waals surface area contributed by atoms with Gasteiger partial charge in [-0.05, 0) is 19.1 Å². The maximum absolute atomic E-state index is 10.8. The molecule has 0 aliphatic carbocycles. The van der Waals surface area contributed by atoms with Crippen LogP contribution in [0.3, 0.4) is 0 Å². The molecule has 0 saturated carbocycles. The molecule has 0 amide bonds. The number of nitrogens with zero attached hydrogens (tertiary/aromatic N) is 2. The highest BCUT2D eigenvalue weighted by atomic mass is 32.2. The Hall–Kier alpha value is -1.67. The second kappa shape index (κ2) is 8.49. The first kappa shape index (κ1) is 16.4. The number of pyridine rings is 1. The summed E-state index contributed by atoms with van der Waals surface area (Å²) in [5.74, 6) is 0.413. The summed E-state index contributed by atoms with van der Waals surface area (Å²) in [5.41, 5.74) is 0.986. The van der Waals surface area contributed by atoms with Gasteiger partial charge in [0.15, 0.2) is 5.96 Å². The molecule has 7 nitrogen and oxygen atoms in total. The average Bonchev–Trinajstić information content (AvgIpc) is 2.38. The zero-order valence-corrected chi connectivity index (χ0v) is 12.4. The monoisotopic (exact) mass is 299 g/mol. The molecule has 1 aromatic rings. The van der Waals surface area contributed by atoms with E-state index in [1.165, 1.54) is 0 Å². The van der Waals surface area contributed by atoms with Crippen LogP contribution < -0.4 is 15.8 Å². The van der Waals surface area contributed by atoms with E-state index in [1.807, 2.05) is 25.1 Å². The number of nitrogens with two attached hydrogens (primary N) is 1. The lowest BCUT2D eigenvalue weighted by atomic mass is 10.3. The van der Waals surface area contributed by atoms with Crippen molar-refractivity contribution in [2.24, 2.45) is 10.1 Å². The summed E-state index contributed by atoms with van der Waals surface area (Å²) in [6, 6.07) is 5.76. The Kier molecular flexibility index (Phi) is 6.96. The number of hydrogen-bond acceptors (Lipinski definition) is 4. The van der Waals surface area contributed by atoms with Crippen molar-refractivity contribution in [2.75, 3.05) is 25.4 Å². The van der Waals surface area contributed by atoms with Crippen LogP contribution >= 0.6 is 0 Å². The lowest BCUT2D eigenvalue weighted by molar-refractivity contribution is 0.597. The summed E-state index contributed by atoms with van der Waals surface area (Å²) in [5, 5.41) is 11.1. The third kappa shape index (κ3) is 7.70. The zero-order chi connectivity index (χ0) is 14.8. The Morgan fingerprint density at radius 3 is 2.80 bits per heavy atom. The standard InChI is InChI=1S/C12H21N5O2S/c1-2-14-12(17-9-10-20(13,18)19)16-8-6-11-5-3-4-7-15-11/h3-5,7H,2,6,8-10H2,1H3,(H2,13,18,19)(H2,14,16,17). The van der Waals surface area contributed by atoms with Gasteiger partial charge in [-0.2, -0.15) is 0 Å². The van der Waals surface area contributed by atoms with Gasteiger partial charge in [0.1, 0.15) is 0 Å². The maximum atomic E-state index is 10.8. The number of guanidine groups is 1. The van der Waals surface area contributed by atoms with Crippen LogP contribution in [-0.4, -0.2) is 44.7 Å². The predicted octanol–water partition coefficient (Wildman–Crippen LogP) is -0.532. The fourth-order valence-electron chi connectivity index (χ4n) is 1.48. The van der Waals surface area contributed by atoms with Crippen molar-refractivity contribution in [3.05, 3.63) is 30.1 Å². The lowest BCUT2D eigenvalue weighted by Crippen LogP contribution is -2.38. The van der Waals surface area contributed by atoms with Gasteiger partial charge in [0.25, 0.3) is 0 Å². The van der Waals surface area contributed by atoms with Gasteiger partial charge in [0, 0.05) is 31.4 Å². The van der Waals surface area contributed by atoms with E-state index in [2.05, 4.69) is 20.6 Å². The molecule has 0 aromatic carbocycles. The maximum Gasteiger partial charge on any atom is 0.210 e. The predicted molar refractivity (Wildman–Crippen MR) is 79.9 cm³/mol. The fourth-order valence-corrected chi connectivity index (χ4v) is 1.83. The lowest BCUT2D eigenvalue weighted by Gasteiger charge is -2.10. The molecule has 0 spiro atoms. The van der Waals surface area contributed by atoms with Crippen LogP contribution in [0.15, 0.2) is 29.4 Å². The number of sulfonamides is 1. The first-order valence-electron chi connectivity index (χ1n) is 6.44. The Bertz CT molecular complexity index is 516. The SMILES string of the molecule is CCNC(=NCCS(N)(=O)=O)NCCc1ccccn1. The Morgan fingerprint density at radius 2 is 2.20 bits per heavy atom. The number of nitrogens with one attached hydrogen (secondary N) is 2. The van der Waals surface area contributed by atoms with E-state index in [-0.39, 0.29) is 12.3 Å². The van der Waals surface area contributed by atoms with Crippen molar-refractivity contribution in [2.45, 2.75) is 13.3 Å². The van der Waals surface area contributed by atoms with Crippen molar-refractivity contribution in [1.29, 1.82) is 0 Å². The second-order valence-corrected chi connectivity index (χ2v) is 5.86. The van der Waals surface area contributed by atoms with Gasteiger partial charge in [-0.15, -0.1) is 0 Å². The summed E-state index contributed by atoms with van der Waals surface area (Å²) in [6.07, 6.45) is 2.52. The van der Waals surface area contributed by atoms with Crippen LogP contribution in [0, 0.1) is 0 Å². The zero-order valence-electron chi connectivity index (χ0n) is 11.5. The van der Waals surface area contributed by atoms with Gasteiger partial charge in [-0.3, -0.25) is 9.98 Å². The van der Waals surface area contributed by atoms with Gasteiger partial charge in [-0.1, -0.05) is 6.07 Å². The number of hydrogen-bond donors (Lipinski definition) is 3.